The Bertz CT molecular complexity index is 1440. The number of aromatic nitrogens is 6. The molecule has 3 heterocycles. The zero-order valence-corrected chi connectivity index (χ0v) is 21.0. The number of hydrogen-bond acceptors (Lipinski definition) is 6. The van der Waals surface area contributed by atoms with Gasteiger partial charge in [0, 0.05) is 18.2 Å². The van der Waals surface area contributed by atoms with Gasteiger partial charge in [0.15, 0.2) is 6.04 Å². The lowest BCUT2D eigenvalue weighted by molar-refractivity contribution is -0.142. The number of rotatable bonds is 9. The number of nitrogens with one attached hydrogen (secondary N) is 2. The van der Waals surface area contributed by atoms with Crippen LogP contribution in [0.15, 0.2) is 53.3 Å². The number of H-pyrrole nitrogens is 1. The lowest BCUT2D eigenvalue weighted by Crippen LogP contribution is -2.38. The highest BCUT2D eigenvalue weighted by atomic mass is 16.4. The number of anilines is 1. The molecular weight excluding hydrogens is 470 g/mol. The van der Waals surface area contributed by atoms with Crippen molar-refractivity contribution in [1.82, 2.24) is 30.0 Å². The molecule has 10 heteroatoms. The zero-order chi connectivity index (χ0) is 25.9. The van der Waals surface area contributed by atoms with E-state index in [1.807, 2.05) is 53.2 Å². The molecule has 2 aromatic heterocycles. The number of unbranched alkanes of at least 4 members (excludes halogenated alkanes) is 1. The summed E-state index contributed by atoms with van der Waals surface area (Å²) in [6.45, 7) is 4.62. The Morgan fingerprint density at radius 3 is 2.54 bits per heavy atom. The average molecular weight is 502 g/mol. The number of carboxylic acids is 1. The topological polar surface area (TPSA) is 131 Å². The fourth-order valence-corrected chi connectivity index (χ4v) is 5.18. The number of carboxylic acid groups (broad SMARTS) is 1. The summed E-state index contributed by atoms with van der Waals surface area (Å²) in [6.07, 6.45) is 3.83. The van der Waals surface area contributed by atoms with E-state index in [1.54, 1.807) is 0 Å². The maximum absolute atomic E-state index is 13.5. The number of tetrazole rings is 1. The average Bonchev–Trinajstić information content (AvgIpc) is 3.54. The first-order chi connectivity index (χ1) is 18.0. The van der Waals surface area contributed by atoms with Gasteiger partial charge in [-0.05, 0) is 54.5 Å². The molecule has 2 aromatic carbocycles. The van der Waals surface area contributed by atoms with E-state index >= 15 is 0 Å². The highest BCUT2D eigenvalue weighted by Gasteiger charge is 2.34. The van der Waals surface area contributed by atoms with Crippen molar-refractivity contribution in [1.29, 1.82) is 0 Å². The predicted molar refractivity (Wildman–Crippen MR) is 140 cm³/mol. The number of hydrogen-bond donors (Lipinski definition) is 3. The first-order valence-corrected chi connectivity index (χ1v) is 12.7. The minimum atomic E-state index is -0.960. The standard InChI is InChI=1S/C27H31N7O3/c1-3-4-9-22-24(26(35)34-23(27(36)37)15-10-17(2)33(22)34)28-16-18-11-13-19(14-12-18)20-7-5-6-8-21(20)25-29-31-32-30-25/h5-8,11-14,17,23,28H,3-4,9-10,15-16H2,1-2H3,(H,36,37)(H,29,30,31,32). The van der Waals surface area contributed by atoms with Gasteiger partial charge in [0.05, 0.1) is 5.69 Å². The number of aliphatic carboxylic acids is 1. The normalized spacial score (nSPS) is 16.9. The Morgan fingerprint density at radius 2 is 1.86 bits per heavy atom. The van der Waals surface area contributed by atoms with E-state index in [9.17, 15) is 14.7 Å². The van der Waals surface area contributed by atoms with Gasteiger partial charge in [0.2, 0.25) is 5.82 Å². The summed E-state index contributed by atoms with van der Waals surface area (Å²) in [7, 11) is 0. The van der Waals surface area contributed by atoms with Gasteiger partial charge in [-0.15, -0.1) is 10.2 Å². The largest absolute Gasteiger partial charge is 0.480 e. The van der Waals surface area contributed by atoms with E-state index in [1.165, 1.54) is 4.68 Å². The lowest BCUT2D eigenvalue weighted by Gasteiger charge is -2.30. The van der Waals surface area contributed by atoms with Crippen molar-refractivity contribution in [2.45, 2.75) is 64.6 Å². The molecule has 0 fully saturated rings. The van der Waals surface area contributed by atoms with Crippen LogP contribution in [0.4, 0.5) is 5.69 Å². The van der Waals surface area contributed by atoms with E-state index in [0.29, 0.717) is 24.5 Å². The van der Waals surface area contributed by atoms with Gasteiger partial charge in [-0.3, -0.25) is 9.48 Å². The summed E-state index contributed by atoms with van der Waals surface area (Å²) in [6, 6.07) is 15.3. The molecular formula is C27H31N7O3. The SMILES string of the molecule is CCCCc1c(NCc2ccc(-c3ccccc3-c3nn[nH]n3)cc2)c(=O)n2n1C(C)CCC2C(=O)O. The molecule has 3 N–H and O–H groups in total. The van der Waals surface area contributed by atoms with Gasteiger partial charge in [-0.25, -0.2) is 9.48 Å². The first-order valence-electron chi connectivity index (χ1n) is 12.7. The molecule has 192 valence electrons. The van der Waals surface area contributed by atoms with E-state index in [-0.39, 0.29) is 11.6 Å². The summed E-state index contributed by atoms with van der Waals surface area (Å²) < 4.78 is 3.39. The summed E-state index contributed by atoms with van der Waals surface area (Å²) in [5.41, 5.74) is 5.07. The van der Waals surface area contributed by atoms with Gasteiger partial charge >= 0.3 is 5.97 Å². The van der Waals surface area contributed by atoms with Crippen LogP contribution in [-0.2, 0) is 17.8 Å². The molecule has 0 radical (unpaired) electrons. The monoisotopic (exact) mass is 501 g/mol. The maximum atomic E-state index is 13.5. The fourth-order valence-electron chi connectivity index (χ4n) is 5.18. The molecule has 2 atom stereocenters. The summed E-state index contributed by atoms with van der Waals surface area (Å²) in [5.74, 6) is -0.425. The quantitative estimate of drug-likeness (QED) is 0.309. The van der Waals surface area contributed by atoms with Crippen LogP contribution in [0.5, 0.6) is 0 Å². The van der Waals surface area contributed by atoms with Crippen molar-refractivity contribution >= 4 is 11.7 Å². The van der Waals surface area contributed by atoms with Gasteiger partial charge in [0.1, 0.15) is 5.69 Å². The van der Waals surface area contributed by atoms with Gasteiger partial charge < -0.3 is 10.4 Å². The third kappa shape index (κ3) is 4.66. The Balaban J connectivity index is 1.42. The van der Waals surface area contributed by atoms with Crippen molar-refractivity contribution in [3.8, 4) is 22.5 Å². The van der Waals surface area contributed by atoms with E-state index in [0.717, 1.165) is 53.6 Å². The van der Waals surface area contributed by atoms with E-state index in [2.05, 4.69) is 39.8 Å². The van der Waals surface area contributed by atoms with Crippen LogP contribution in [-0.4, -0.2) is 41.1 Å². The molecule has 0 saturated heterocycles. The molecule has 5 rings (SSSR count). The van der Waals surface area contributed by atoms with Crippen LogP contribution >= 0.6 is 0 Å². The number of fused-ring (bicyclic) bond motifs is 1. The summed E-state index contributed by atoms with van der Waals surface area (Å²) in [5, 5.41) is 27.5. The van der Waals surface area contributed by atoms with Gasteiger partial charge in [0.25, 0.3) is 5.56 Å². The van der Waals surface area contributed by atoms with E-state index < -0.39 is 12.0 Å². The fraction of sp³-hybridized carbons (Fsp3) is 0.370. The molecule has 37 heavy (non-hydrogen) atoms. The number of aromatic amines is 1. The van der Waals surface area contributed by atoms with Crippen LogP contribution in [0.2, 0.25) is 0 Å². The number of nitrogens with zero attached hydrogens (tertiary/aromatic N) is 5. The molecule has 1 aliphatic heterocycles. The minimum Gasteiger partial charge on any atom is -0.480 e. The first kappa shape index (κ1) is 24.5. The summed E-state index contributed by atoms with van der Waals surface area (Å²) in [4.78, 5) is 25.4. The minimum absolute atomic E-state index is 0.0734. The molecule has 0 saturated carbocycles. The molecule has 0 spiro atoms. The Hall–Kier alpha value is -4.21. The van der Waals surface area contributed by atoms with Crippen molar-refractivity contribution in [2.24, 2.45) is 0 Å². The Morgan fingerprint density at radius 1 is 1.11 bits per heavy atom. The van der Waals surface area contributed by atoms with Crippen molar-refractivity contribution < 1.29 is 9.90 Å². The molecule has 0 bridgehead atoms. The van der Waals surface area contributed by atoms with Crippen LogP contribution in [0.25, 0.3) is 22.5 Å². The molecule has 10 nitrogen and oxygen atoms in total. The second-order valence-corrected chi connectivity index (χ2v) is 9.53. The molecule has 0 aliphatic carbocycles. The maximum Gasteiger partial charge on any atom is 0.328 e. The van der Waals surface area contributed by atoms with Crippen molar-refractivity contribution in [3.05, 3.63) is 70.1 Å². The number of carbonyl (C=O) groups is 1. The van der Waals surface area contributed by atoms with Crippen LogP contribution in [0.3, 0.4) is 0 Å². The Labute approximate surface area is 214 Å². The molecule has 1 aliphatic rings. The van der Waals surface area contributed by atoms with Gasteiger partial charge in [-0.2, -0.15) is 5.21 Å². The number of benzene rings is 2. The van der Waals surface area contributed by atoms with Crippen molar-refractivity contribution in [2.75, 3.05) is 5.32 Å². The molecule has 0 amide bonds. The molecule has 2 unspecified atom stereocenters. The lowest BCUT2D eigenvalue weighted by atomic mass is 9.98. The third-order valence-corrected chi connectivity index (χ3v) is 7.09. The highest BCUT2D eigenvalue weighted by molar-refractivity contribution is 5.80. The third-order valence-electron chi connectivity index (χ3n) is 7.09. The Kier molecular flexibility index (Phi) is 6.89. The van der Waals surface area contributed by atoms with Crippen LogP contribution < -0.4 is 10.9 Å². The van der Waals surface area contributed by atoms with Crippen molar-refractivity contribution in [3.63, 3.8) is 0 Å². The van der Waals surface area contributed by atoms with Crippen LogP contribution in [0.1, 0.15) is 62.9 Å². The zero-order valence-electron chi connectivity index (χ0n) is 21.0. The predicted octanol–water partition coefficient (Wildman–Crippen LogP) is 4.43. The highest BCUT2D eigenvalue weighted by Crippen LogP contribution is 2.33. The molecule has 4 aromatic rings. The van der Waals surface area contributed by atoms with Gasteiger partial charge in [-0.1, -0.05) is 61.9 Å². The second-order valence-electron chi connectivity index (χ2n) is 9.53. The van der Waals surface area contributed by atoms with Crippen LogP contribution in [0, 0.1) is 0 Å². The van der Waals surface area contributed by atoms with E-state index in [4.69, 9.17) is 0 Å². The second kappa shape index (κ2) is 10.4. The smallest absolute Gasteiger partial charge is 0.328 e. The summed E-state index contributed by atoms with van der Waals surface area (Å²) >= 11 is 0.